The van der Waals surface area contributed by atoms with E-state index in [0.29, 0.717) is 5.56 Å². The van der Waals surface area contributed by atoms with Crippen molar-refractivity contribution >= 4 is 16.9 Å². The number of carbonyl (C=O) groups excluding carboxylic acids is 1. The van der Waals surface area contributed by atoms with E-state index in [1.807, 2.05) is 61.9 Å². The van der Waals surface area contributed by atoms with E-state index in [1.165, 1.54) is 5.56 Å². The van der Waals surface area contributed by atoms with Gasteiger partial charge in [-0.2, -0.15) is 0 Å². The van der Waals surface area contributed by atoms with Crippen molar-refractivity contribution in [1.82, 2.24) is 14.9 Å². The summed E-state index contributed by atoms with van der Waals surface area (Å²) in [5.74, 6) is 0.902. The molecule has 3 aromatic rings. The number of fused-ring (bicyclic) bond motifs is 1. The molecule has 0 saturated carbocycles. The molecule has 1 atom stereocenters. The lowest BCUT2D eigenvalue weighted by atomic mass is 10.1. The van der Waals surface area contributed by atoms with Crippen LogP contribution in [0.4, 0.5) is 0 Å². The normalized spacial score (nSPS) is 12.3. The highest BCUT2D eigenvalue weighted by molar-refractivity contribution is 5.97. The van der Waals surface area contributed by atoms with Gasteiger partial charge in [-0.3, -0.25) is 4.79 Å². The number of imidazole rings is 1. The second-order valence-electron chi connectivity index (χ2n) is 6.32. The Labute approximate surface area is 142 Å². The quantitative estimate of drug-likeness (QED) is 0.780. The molecule has 4 heteroatoms. The zero-order valence-electron chi connectivity index (χ0n) is 14.4. The Morgan fingerprint density at radius 3 is 2.71 bits per heavy atom. The van der Waals surface area contributed by atoms with Gasteiger partial charge in [0, 0.05) is 18.7 Å². The van der Waals surface area contributed by atoms with Gasteiger partial charge in [0.2, 0.25) is 0 Å². The molecular formula is C20H23N3O. The van der Waals surface area contributed by atoms with Crippen LogP contribution in [0.5, 0.6) is 0 Å². The van der Waals surface area contributed by atoms with Gasteiger partial charge in [0.1, 0.15) is 5.82 Å². The molecule has 0 bridgehead atoms. The van der Waals surface area contributed by atoms with Crippen LogP contribution >= 0.6 is 0 Å². The summed E-state index contributed by atoms with van der Waals surface area (Å²) < 4.78 is 2.03. The summed E-state index contributed by atoms with van der Waals surface area (Å²) in [7, 11) is 1.98. The zero-order chi connectivity index (χ0) is 17.1. The Bertz CT molecular complexity index is 852. The first kappa shape index (κ1) is 16.2. The standard InChI is InChI=1S/C20H23N3O/c1-14(9-10-16-7-5-4-6-8-16)21-20(24)17-11-12-19-18(13-17)22-15(2)23(19)3/h4-8,11-14H,9-10H2,1-3H3,(H,21,24)/t14-/m0/s1. The summed E-state index contributed by atoms with van der Waals surface area (Å²) in [4.78, 5) is 17.0. The van der Waals surface area contributed by atoms with Gasteiger partial charge in [-0.05, 0) is 50.5 Å². The zero-order valence-corrected chi connectivity index (χ0v) is 14.4. The Hall–Kier alpha value is -2.62. The minimum Gasteiger partial charge on any atom is -0.350 e. The summed E-state index contributed by atoms with van der Waals surface area (Å²) >= 11 is 0. The summed E-state index contributed by atoms with van der Waals surface area (Å²) in [5.41, 5.74) is 3.86. The van der Waals surface area contributed by atoms with E-state index in [4.69, 9.17) is 0 Å². The minimum atomic E-state index is -0.0410. The lowest BCUT2D eigenvalue weighted by Gasteiger charge is -2.14. The van der Waals surface area contributed by atoms with Gasteiger partial charge >= 0.3 is 0 Å². The van der Waals surface area contributed by atoms with Crippen molar-refractivity contribution in [3.8, 4) is 0 Å². The summed E-state index contributed by atoms with van der Waals surface area (Å²) in [6, 6.07) is 16.1. The van der Waals surface area contributed by atoms with E-state index >= 15 is 0 Å². The van der Waals surface area contributed by atoms with E-state index in [9.17, 15) is 4.79 Å². The van der Waals surface area contributed by atoms with Crippen LogP contribution in [0, 0.1) is 6.92 Å². The Morgan fingerprint density at radius 2 is 1.96 bits per heavy atom. The molecule has 4 nitrogen and oxygen atoms in total. The van der Waals surface area contributed by atoms with Gasteiger partial charge in [-0.15, -0.1) is 0 Å². The maximum Gasteiger partial charge on any atom is 0.251 e. The number of hydrogen-bond donors (Lipinski definition) is 1. The van der Waals surface area contributed by atoms with Crippen molar-refractivity contribution in [3.05, 3.63) is 65.5 Å². The highest BCUT2D eigenvalue weighted by Gasteiger charge is 2.12. The van der Waals surface area contributed by atoms with Crippen LogP contribution in [0.25, 0.3) is 11.0 Å². The second kappa shape index (κ2) is 6.87. The van der Waals surface area contributed by atoms with Crippen LogP contribution in [-0.2, 0) is 13.5 Å². The topological polar surface area (TPSA) is 46.9 Å². The molecule has 124 valence electrons. The number of amides is 1. The molecule has 1 N–H and O–H groups in total. The average molecular weight is 321 g/mol. The number of nitrogens with zero attached hydrogens (tertiary/aromatic N) is 2. The van der Waals surface area contributed by atoms with Gasteiger partial charge in [0.25, 0.3) is 5.91 Å². The third-order valence-electron chi connectivity index (χ3n) is 4.45. The predicted molar refractivity (Wildman–Crippen MR) is 97.1 cm³/mol. The molecule has 1 heterocycles. The van der Waals surface area contributed by atoms with Crippen molar-refractivity contribution in [1.29, 1.82) is 0 Å². The lowest BCUT2D eigenvalue weighted by Crippen LogP contribution is -2.32. The fourth-order valence-corrected chi connectivity index (χ4v) is 2.87. The molecule has 0 aliphatic carbocycles. The Morgan fingerprint density at radius 1 is 1.21 bits per heavy atom. The molecule has 0 fully saturated rings. The predicted octanol–water partition coefficient (Wildman–Crippen LogP) is 3.63. The molecule has 3 rings (SSSR count). The van der Waals surface area contributed by atoms with E-state index in [0.717, 1.165) is 29.7 Å². The molecule has 1 aromatic heterocycles. The first-order valence-corrected chi connectivity index (χ1v) is 8.32. The summed E-state index contributed by atoms with van der Waals surface area (Å²) in [5, 5.41) is 3.08. The third kappa shape index (κ3) is 3.48. The van der Waals surface area contributed by atoms with Gasteiger partial charge in [-0.1, -0.05) is 30.3 Å². The largest absolute Gasteiger partial charge is 0.350 e. The molecule has 0 saturated heterocycles. The number of aromatic nitrogens is 2. The van der Waals surface area contributed by atoms with Crippen molar-refractivity contribution in [2.45, 2.75) is 32.7 Å². The number of hydrogen-bond acceptors (Lipinski definition) is 2. The van der Waals surface area contributed by atoms with Crippen molar-refractivity contribution < 1.29 is 4.79 Å². The molecule has 0 unspecified atom stereocenters. The van der Waals surface area contributed by atoms with Crippen molar-refractivity contribution in [2.75, 3.05) is 0 Å². The van der Waals surface area contributed by atoms with E-state index in [2.05, 4.69) is 22.4 Å². The van der Waals surface area contributed by atoms with Crippen LogP contribution < -0.4 is 5.32 Å². The van der Waals surface area contributed by atoms with Crippen LogP contribution in [0.2, 0.25) is 0 Å². The number of rotatable bonds is 5. The fraction of sp³-hybridized carbons (Fsp3) is 0.300. The van der Waals surface area contributed by atoms with E-state index < -0.39 is 0 Å². The maximum atomic E-state index is 12.5. The number of benzene rings is 2. The highest BCUT2D eigenvalue weighted by Crippen LogP contribution is 2.16. The van der Waals surface area contributed by atoms with E-state index in [-0.39, 0.29) is 11.9 Å². The Balaban J connectivity index is 1.63. The highest BCUT2D eigenvalue weighted by atomic mass is 16.1. The number of carbonyl (C=O) groups is 1. The Kier molecular flexibility index (Phi) is 4.65. The van der Waals surface area contributed by atoms with Crippen LogP contribution in [0.3, 0.4) is 0 Å². The molecule has 1 amide bonds. The van der Waals surface area contributed by atoms with Gasteiger partial charge < -0.3 is 9.88 Å². The summed E-state index contributed by atoms with van der Waals surface area (Å²) in [6.45, 7) is 4.01. The lowest BCUT2D eigenvalue weighted by molar-refractivity contribution is 0.0938. The monoisotopic (exact) mass is 321 g/mol. The average Bonchev–Trinajstić information content (AvgIpc) is 2.88. The molecule has 0 radical (unpaired) electrons. The molecular weight excluding hydrogens is 298 g/mol. The molecule has 2 aromatic carbocycles. The van der Waals surface area contributed by atoms with Crippen molar-refractivity contribution in [2.24, 2.45) is 7.05 Å². The smallest absolute Gasteiger partial charge is 0.251 e. The van der Waals surface area contributed by atoms with Crippen molar-refractivity contribution in [3.63, 3.8) is 0 Å². The minimum absolute atomic E-state index is 0.0410. The summed E-state index contributed by atoms with van der Waals surface area (Å²) in [6.07, 6.45) is 1.88. The third-order valence-corrected chi connectivity index (χ3v) is 4.45. The SMILES string of the molecule is Cc1nc2cc(C(=O)N[C@@H](C)CCc3ccccc3)ccc2n1C. The van der Waals surface area contributed by atoms with Gasteiger partial charge in [-0.25, -0.2) is 4.98 Å². The molecule has 0 spiro atoms. The molecule has 0 aliphatic rings. The van der Waals surface area contributed by atoms with Crippen LogP contribution in [0.15, 0.2) is 48.5 Å². The van der Waals surface area contributed by atoms with Crippen LogP contribution in [0.1, 0.15) is 35.1 Å². The number of aryl methyl sites for hydroxylation is 3. The first-order valence-electron chi connectivity index (χ1n) is 8.32. The van der Waals surface area contributed by atoms with Gasteiger partial charge in [0.05, 0.1) is 11.0 Å². The maximum absolute atomic E-state index is 12.5. The van der Waals surface area contributed by atoms with E-state index in [1.54, 1.807) is 0 Å². The number of nitrogens with one attached hydrogen (secondary N) is 1. The molecule has 24 heavy (non-hydrogen) atoms. The van der Waals surface area contributed by atoms with Gasteiger partial charge in [0.15, 0.2) is 0 Å². The first-order chi connectivity index (χ1) is 11.5. The second-order valence-corrected chi connectivity index (χ2v) is 6.32. The van der Waals surface area contributed by atoms with Crippen LogP contribution in [-0.4, -0.2) is 21.5 Å². The fourth-order valence-electron chi connectivity index (χ4n) is 2.87. The molecule has 0 aliphatic heterocycles.